The van der Waals surface area contributed by atoms with Gasteiger partial charge in [-0.3, -0.25) is 0 Å². The van der Waals surface area contributed by atoms with Gasteiger partial charge >= 0.3 is 259 Å². The summed E-state index contributed by atoms with van der Waals surface area (Å²) in [7, 11) is 0. The molecule has 42 heavy (non-hydrogen) atoms. The predicted molar refractivity (Wildman–Crippen MR) is 173 cm³/mol. The first kappa shape index (κ1) is 31.2. The maximum atomic E-state index is 13.8. The molecule has 3 saturated heterocycles. The van der Waals surface area contributed by atoms with Crippen LogP contribution in [-0.2, 0) is 16.0 Å². The zero-order valence-electron chi connectivity index (χ0n) is 26.0. The van der Waals surface area contributed by atoms with Gasteiger partial charge in [0.2, 0.25) is 0 Å². The van der Waals surface area contributed by atoms with Gasteiger partial charge in [0.05, 0.1) is 0 Å². The van der Waals surface area contributed by atoms with Crippen molar-refractivity contribution in [2.75, 3.05) is 13.2 Å². The molecule has 0 N–H and O–H groups in total. The molecule has 0 aliphatic carbocycles. The van der Waals surface area contributed by atoms with E-state index >= 15 is 0 Å². The summed E-state index contributed by atoms with van der Waals surface area (Å²) >= 11 is -2.60. The van der Waals surface area contributed by atoms with Crippen LogP contribution in [0.3, 0.4) is 0 Å². The Morgan fingerprint density at radius 2 is 1.45 bits per heavy atom. The molecule has 3 heterocycles. The maximum absolute atomic E-state index is 13.8. The Bertz CT molecular complexity index is 1190. The van der Waals surface area contributed by atoms with E-state index in [1.165, 1.54) is 57.4 Å². The van der Waals surface area contributed by atoms with Crippen LogP contribution in [0.25, 0.3) is 0 Å². The van der Waals surface area contributed by atoms with Gasteiger partial charge < -0.3 is 0 Å². The predicted octanol–water partition coefficient (Wildman–Crippen LogP) is 8.34. The molecule has 0 radical (unpaired) electrons. The number of carbonyl (C=O) groups excluding carboxylic acids is 2. The van der Waals surface area contributed by atoms with Crippen LogP contribution in [0.5, 0.6) is 0 Å². The minimum atomic E-state index is -2.60. The molecule has 5 rings (SSSR count). The molecule has 2 amide bonds. The molecule has 226 valence electrons. The van der Waals surface area contributed by atoms with Crippen molar-refractivity contribution in [3.63, 3.8) is 0 Å². The SMILES string of the molecule is CCC[CH2][Sn](/[CH]=C1\CCN2C(=O)[C@@H](N3C(=O)OC[C@@H]3c3ccccc3)[C@H]2[C@@H]1Cc1ccccc1)([CH2]CCC)[CH2]CCC. The van der Waals surface area contributed by atoms with E-state index in [9.17, 15) is 9.59 Å². The third-order valence-electron chi connectivity index (χ3n) is 10.0. The summed E-state index contributed by atoms with van der Waals surface area (Å²) in [6.07, 6.45) is 9.34. The zero-order valence-corrected chi connectivity index (χ0v) is 28.8. The number of nitrogens with zero attached hydrogens (tertiary/aromatic N) is 2. The first-order valence-electron chi connectivity index (χ1n) is 16.6. The number of hydrogen-bond donors (Lipinski definition) is 0. The van der Waals surface area contributed by atoms with Gasteiger partial charge in [-0.25, -0.2) is 0 Å². The molecule has 3 aliphatic heterocycles. The van der Waals surface area contributed by atoms with Gasteiger partial charge in [0.25, 0.3) is 0 Å². The Hall–Kier alpha value is -2.28. The molecule has 3 fully saturated rings. The first-order valence-corrected chi connectivity index (χ1v) is 24.3. The van der Waals surface area contributed by atoms with Crippen molar-refractivity contribution in [2.24, 2.45) is 5.92 Å². The van der Waals surface area contributed by atoms with E-state index < -0.39 is 24.4 Å². The van der Waals surface area contributed by atoms with Crippen LogP contribution in [0.1, 0.15) is 82.9 Å². The van der Waals surface area contributed by atoms with Gasteiger partial charge in [0.1, 0.15) is 0 Å². The van der Waals surface area contributed by atoms with Crippen molar-refractivity contribution >= 4 is 30.4 Å². The molecule has 0 saturated carbocycles. The van der Waals surface area contributed by atoms with Gasteiger partial charge in [-0.15, -0.1) is 0 Å². The topological polar surface area (TPSA) is 49.9 Å². The second kappa shape index (κ2) is 14.5. The average molecular weight is 678 g/mol. The fourth-order valence-electron chi connectivity index (χ4n) is 7.73. The molecule has 6 heteroatoms. The van der Waals surface area contributed by atoms with E-state index in [1.807, 2.05) is 30.3 Å². The van der Waals surface area contributed by atoms with Crippen LogP contribution < -0.4 is 0 Å². The average Bonchev–Trinajstić information content (AvgIpc) is 3.39. The van der Waals surface area contributed by atoms with Crippen molar-refractivity contribution in [2.45, 2.75) is 104 Å². The van der Waals surface area contributed by atoms with E-state index in [0.29, 0.717) is 6.61 Å². The van der Waals surface area contributed by atoms with Crippen molar-refractivity contribution in [1.29, 1.82) is 0 Å². The van der Waals surface area contributed by atoms with Gasteiger partial charge in [0, 0.05) is 0 Å². The van der Waals surface area contributed by atoms with Gasteiger partial charge in [-0.2, -0.15) is 0 Å². The molecule has 2 aromatic carbocycles. The zero-order chi connectivity index (χ0) is 29.5. The van der Waals surface area contributed by atoms with Crippen LogP contribution >= 0.6 is 0 Å². The van der Waals surface area contributed by atoms with Crippen LogP contribution in [0, 0.1) is 5.92 Å². The summed E-state index contributed by atoms with van der Waals surface area (Å²) in [6.45, 7) is 8.08. The van der Waals surface area contributed by atoms with Gasteiger partial charge in [-0.1, -0.05) is 0 Å². The van der Waals surface area contributed by atoms with Crippen LogP contribution in [-0.4, -0.2) is 65.4 Å². The standard InChI is InChI=1S/C24H23N2O3.3C4H9.Sn/c1-16-12-13-25-21(19(16)14-17-8-4-2-5-9-17)22(23(25)27)26-20(15-29-24(26)28)18-10-6-3-7-11-18;3*1-3-4-2;/h1-11,19-22H,12-15H2;3*1,3-4H2,2H3;/t19-,20-,21-,22+;;;;/m1..../s1. The molecule has 4 atom stereocenters. The summed E-state index contributed by atoms with van der Waals surface area (Å²) in [5.74, 6) is 0.323. The van der Waals surface area contributed by atoms with Gasteiger partial charge in [0.15, 0.2) is 0 Å². The van der Waals surface area contributed by atoms with E-state index in [1.54, 1.807) is 10.5 Å². The number of ether oxygens (including phenoxy) is 1. The second-order valence-electron chi connectivity index (χ2n) is 12.8. The molecular weight excluding hydrogens is 627 g/mol. The molecule has 5 nitrogen and oxygen atoms in total. The van der Waals surface area contributed by atoms with E-state index in [2.05, 4.69) is 60.1 Å². The summed E-state index contributed by atoms with van der Waals surface area (Å²) in [4.78, 5) is 30.9. The molecule has 0 unspecified atom stereocenters. The summed E-state index contributed by atoms with van der Waals surface area (Å²) in [6, 6.07) is 20.2. The van der Waals surface area contributed by atoms with Crippen molar-refractivity contribution in [3.8, 4) is 0 Å². The summed E-state index contributed by atoms with van der Waals surface area (Å²) < 4.78 is 12.9. The number of β-lactam (4-membered cyclic amide) rings is 1. The number of fused-ring (bicyclic) bond motifs is 1. The minimum absolute atomic E-state index is 0.00193. The monoisotopic (exact) mass is 678 g/mol. The molecule has 2 aromatic rings. The number of benzene rings is 2. The molecule has 3 aliphatic rings. The Kier molecular flexibility index (Phi) is 10.7. The Labute approximate surface area is 257 Å². The number of rotatable bonds is 14. The number of cyclic esters (lactones) is 1. The quantitative estimate of drug-likeness (QED) is 0.149. The van der Waals surface area contributed by atoms with E-state index in [4.69, 9.17) is 4.74 Å². The molecule has 0 spiro atoms. The Morgan fingerprint density at radius 3 is 2.05 bits per heavy atom. The molecule has 0 aromatic heterocycles. The fourth-order valence-corrected chi connectivity index (χ4v) is 23.4. The number of unbranched alkanes of at least 4 members (excludes halogenated alkanes) is 3. The van der Waals surface area contributed by atoms with Gasteiger partial charge in [-0.05, 0) is 0 Å². The molecule has 0 bridgehead atoms. The van der Waals surface area contributed by atoms with Crippen LogP contribution in [0.15, 0.2) is 70.3 Å². The number of hydrogen-bond acceptors (Lipinski definition) is 3. The first-order chi connectivity index (χ1) is 20.5. The number of carbonyl (C=O) groups is 2. The van der Waals surface area contributed by atoms with Crippen molar-refractivity contribution in [1.82, 2.24) is 9.80 Å². The van der Waals surface area contributed by atoms with Crippen LogP contribution in [0.4, 0.5) is 4.79 Å². The second-order valence-corrected chi connectivity index (χ2v) is 25.7. The summed E-state index contributed by atoms with van der Waals surface area (Å²) in [5.41, 5.74) is 3.95. The van der Waals surface area contributed by atoms with E-state index in [0.717, 1.165) is 24.9 Å². The molecular formula is C36H50N2O3Sn. The van der Waals surface area contributed by atoms with E-state index in [-0.39, 0.29) is 30.0 Å². The van der Waals surface area contributed by atoms with Crippen molar-refractivity contribution < 1.29 is 14.3 Å². The third-order valence-corrected chi connectivity index (χ3v) is 24.4. The summed E-state index contributed by atoms with van der Waals surface area (Å²) in [5, 5.41) is 0. The van der Waals surface area contributed by atoms with Crippen LogP contribution in [0.2, 0.25) is 13.3 Å². The Balaban J connectivity index is 1.54. The number of piperidine rings is 1. The van der Waals surface area contributed by atoms with Crippen molar-refractivity contribution in [3.05, 3.63) is 81.5 Å². The third kappa shape index (κ3) is 6.61. The normalized spacial score (nSPS) is 25.0. The number of amides is 2. The fraction of sp³-hybridized carbons (Fsp3) is 0.556. The Morgan fingerprint density at radius 1 is 0.857 bits per heavy atom.